The summed E-state index contributed by atoms with van der Waals surface area (Å²) < 4.78 is 19.8. The van der Waals surface area contributed by atoms with Crippen LogP contribution in [0.1, 0.15) is 128 Å². The normalized spacial score (nSPS) is 14.4. The van der Waals surface area contributed by atoms with E-state index in [1.54, 1.807) is 47.8 Å². The molecule has 7 aromatic carbocycles. The second-order valence-electron chi connectivity index (χ2n) is 25.8. The minimum absolute atomic E-state index is 0.0226. The van der Waals surface area contributed by atoms with Crippen LogP contribution >= 0.6 is 91.8 Å². The van der Waals surface area contributed by atoms with Crippen molar-refractivity contribution in [1.29, 1.82) is 0 Å². The molecule has 14 aromatic rings. The molecule has 7 aromatic heterocycles. The Morgan fingerprint density at radius 1 is 0.617 bits per heavy atom. The number of pyridine rings is 1. The Bertz CT molecular complexity index is 5700. The number of fused-ring (bicyclic) bond motifs is 6. The van der Waals surface area contributed by atoms with Gasteiger partial charge in [0.15, 0.2) is 11.5 Å². The lowest BCUT2D eigenvalue weighted by atomic mass is 9.87. The van der Waals surface area contributed by atoms with Gasteiger partial charge in [0.25, 0.3) is 23.6 Å². The fraction of sp³-hybridized carbons (Fsp3) is 0.174. The van der Waals surface area contributed by atoms with Crippen LogP contribution < -0.4 is 29.0 Å². The number of thiophene rings is 4. The molecule has 4 amide bonds. The zero-order valence-corrected chi connectivity index (χ0v) is 65.2. The Kier molecular flexibility index (Phi) is 22.9. The van der Waals surface area contributed by atoms with Crippen LogP contribution in [0, 0.1) is 6.92 Å². The molecule has 17 rings (SSSR count). The van der Waals surface area contributed by atoms with Gasteiger partial charge >= 0.3 is 0 Å². The molecule has 0 saturated heterocycles. The molecule has 13 nitrogen and oxygen atoms in total. The number of aromatic nitrogens is 2. The Balaban J connectivity index is 0.000000121. The highest BCUT2D eigenvalue weighted by Crippen LogP contribution is 2.45. The third kappa shape index (κ3) is 15.4. The van der Waals surface area contributed by atoms with Crippen LogP contribution in [0.4, 0.5) is 11.5 Å². The number of methoxy groups -OCH3 is 2. The van der Waals surface area contributed by atoms with Crippen LogP contribution in [0.5, 0.6) is 11.5 Å². The number of para-hydroxylation sites is 2. The van der Waals surface area contributed by atoms with Gasteiger partial charge in [0.05, 0.1) is 65.2 Å². The maximum atomic E-state index is 13.9. The molecule has 0 fully saturated rings. The molecule has 9 heterocycles. The van der Waals surface area contributed by atoms with Crippen LogP contribution in [-0.4, -0.2) is 70.7 Å². The van der Waals surface area contributed by atoms with Gasteiger partial charge in [-0.1, -0.05) is 198 Å². The SMILES string of the molecule is CC(c1ccco1)N(C(=O)c1sc2c(c1Cl)=CCCC=2)c1ccccn1.CC1c2ccsc2CCN1C(=O)c1[nH]c2ccccc2c1Cl.COc1cc2c(cc1OC)C(c1cccc(C)c1)N(C(=O)c1sc3ccccc3c1Cl)CC2.O=C(c1sc2ccccc2c1Cl)N(Cc1ccccc1)c1ccccc1. The minimum Gasteiger partial charge on any atom is -0.493 e. The molecule has 540 valence electrons. The van der Waals surface area contributed by atoms with Crippen LogP contribution in [0.15, 0.2) is 229 Å². The summed E-state index contributed by atoms with van der Waals surface area (Å²) in [6.45, 7) is 7.89. The molecule has 21 heteroatoms. The number of benzene rings is 7. The molecular weight excluding hydrogens is 1500 g/mol. The number of ether oxygens (including phenoxy) is 2. The molecule has 2 aliphatic heterocycles. The lowest BCUT2D eigenvalue weighted by Gasteiger charge is -2.38. The average Bonchev–Trinajstić information content (AvgIpc) is 1.60. The zero-order chi connectivity index (χ0) is 74.4. The lowest BCUT2D eigenvalue weighted by molar-refractivity contribution is 0.0672. The summed E-state index contributed by atoms with van der Waals surface area (Å²) in [7, 11) is 3.28. The number of H-pyrrole nitrogens is 1. The smallest absolute Gasteiger partial charge is 0.272 e. The molecule has 0 radical (unpaired) electrons. The summed E-state index contributed by atoms with van der Waals surface area (Å²) in [5.74, 6) is 2.30. The van der Waals surface area contributed by atoms with Gasteiger partial charge in [-0.25, -0.2) is 4.98 Å². The van der Waals surface area contributed by atoms with E-state index in [1.807, 2.05) is 199 Å². The standard InChI is InChI=1S/C27H24ClNO3S.C22H16ClNOS.C20H17ClN2O2S.C17H15ClN2OS/c1-16-7-6-8-18(13-16)25-20-15-22(32-3)21(31-2)14-17(20)11-12-29(25)27(30)26-24(28)19-9-4-5-10-23(19)33-26;23-20-18-13-7-8-14-19(18)26-21(20)22(25)24(17-11-5-2-6-12-17)15-16-9-3-1-4-10-16;1-13(15-8-6-12-25-15)23(17-10-4-5-11-22-17)20(24)19-18(21)14-7-2-3-9-16(14)26-19;1-10-11-7-9-22-14(11)6-8-20(10)17(21)16-15(18)12-4-2-3-5-13(12)19-16/h4-10,13-15,25H,11-12H2,1-3H3;1-14H,15H2;4-13H,2-3H2,1H3;2-5,7,9-10,19H,6,8H2,1H3. The molecule has 0 spiro atoms. The van der Waals surface area contributed by atoms with Crippen LogP contribution in [-0.2, 0) is 19.4 Å². The topological polar surface area (TPSA) is 142 Å². The van der Waals surface area contributed by atoms with Crippen molar-refractivity contribution in [3.8, 4) is 11.5 Å². The highest BCUT2D eigenvalue weighted by Gasteiger charge is 2.37. The molecule has 0 bridgehead atoms. The fourth-order valence-corrected chi connectivity index (χ4v) is 19.6. The number of anilines is 2. The number of amides is 4. The molecular formula is C86H72Cl4N6O7S4. The van der Waals surface area contributed by atoms with Crippen molar-refractivity contribution in [1.82, 2.24) is 19.8 Å². The number of halogens is 4. The van der Waals surface area contributed by atoms with Gasteiger partial charge in [-0.3, -0.25) is 24.1 Å². The van der Waals surface area contributed by atoms with Gasteiger partial charge in [0.1, 0.15) is 31.9 Å². The van der Waals surface area contributed by atoms with E-state index in [2.05, 4.69) is 65.6 Å². The molecule has 0 saturated carbocycles. The van der Waals surface area contributed by atoms with Crippen molar-refractivity contribution in [2.24, 2.45) is 0 Å². The maximum Gasteiger partial charge on any atom is 0.272 e. The van der Waals surface area contributed by atoms with Gasteiger partial charge in [-0.15, -0.1) is 45.3 Å². The van der Waals surface area contributed by atoms with Crippen molar-refractivity contribution >= 4 is 170 Å². The molecule has 3 aliphatic rings. The number of aromatic amines is 1. The Morgan fingerprint density at radius 2 is 1.26 bits per heavy atom. The fourth-order valence-electron chi connectivity index (χ4n) is 13.9. The van der Waals surface area contributed by atoms with Gasteiger partial charge in [-0.05, 0) is 152 Å². The van der Waals surface area contributed by atoms with Gasteiger partial charge in [0.2, 0.25) is 0 Å². The largest absolute Gasteiger partial charge is 0.493 e. The highest BCUT2D eigenvalue weighted by molar-refractivity contribution is 7.22. The number of nitrogens with one attached hydrogen (secondary N) is 1. The number of carbonyl (C=O) groups excluding carboxylic acids is 4. The van der Waals surface area contributed by atoms with Crippen molar-refractivity contribution in [2.75, 3.05) is 37.1 Å². The van der Waals surface area contributed by atoms with Crippen molar-refractivity contribution in [3.63, 3.8) is 0 Å². The summed E-state index contributed by atoms with van der Waals surface area (Å²) in [6, 6.07) is 66.3. The predicted octanol–water partition coefficient (Wildman–Crippen LogP) is 21.9. The van der Waals surface area contributed by atoms with Gasteiger partial charge in [0, 0.05) is 70.7 Å². The van der Waals surface area contributed by atoms with E-state index in [4.69, 9.17) is 60.3 Å². The van der Waals surface area contributed by atoms with Crippen LogP contribution in [0.25, 0.3) is 43.2 Å². The number of carbonyl (C=O) groups is 4. The summed E-state index contributed by atoms with van der Waals surface area (Å²) in [4.78, 5) is 71.7. The van der Waals surface area contributed by atoms with E-state index >= 15 is 0 Å². The second kappa shape index (κ2) is 33.1. The van der Waals surface area contributed by atoms with E-state index in [0.29, 0.717) is 76.6 Å². The van der Waals surface area contributed by atoms with Gasteiger partial charge < -0.3 is 33.6 Å². The number of furan rings is 1. The van der Waals surface area contributed by atoms with Crippen molar-refractivity contribution < 1.29 is 33.1 Å². The first-order valence-electron chi connectivity index (χ1n) is 34.9. The number of rotatable bonds is 13. The van der Waals surface area contributed by atoms with Crippen LogP contribution in [0.3, 0.4) is 0 Å². The number of hydrogen-bond acceptors (Lipinski definition) is 12. The molecule has 1 aliphatic carbocycles. The second-order valence-corrected chi connectivity index (χ2v) is 31.5. The quantitative estimate of drug-likeness (QED) is 0.120. The lowest BCUT2D eigenvalue weighted by Crippen LogP contribution is -2.40. The first-order valence-corrected chi connectivity index (χ1v) is 39.7. The Labute approximate surface area is 655 Å². The Morgan fingerprint density at radius 3 is 1.93 bits per heavy atom. The average molecular weight is 1570 g/mol. The van der Waals surface area contributed by atoms with E-state index in [9.17, 15) is 19.2 Å². The molecule has 3 unspecified atom stereocenters. The van der Waals surface area contributed by atoms with Crippen molar-refractivity contribution in [2.45, 2.75) is 71.1 Å². The predicted molar refractivity (Wildman–Crippen MR) is 440 cm³/mol. The van der Waals surface area contributed by atoms with Crippen LogP contribution in [0.2, 0.25) is 20.1 Å². The molecule has 1 N–H and O–H groups in total. The minimum atomic E-state index is -0.310. The zero-order valence-electron chi connectivity index (χ0n) is 58.9. The summed E-state index contributed by atoms with van der Waals surface area (Å²) in [5.41, 5.74) is 9.00. The monoisotopic (exact) mass is 1570 g/mol. The number of hydrogen-bond donors (Lipinski definition) is 1. The first-order chi connectivity index (χ1) is 52.1. The maximum absolute atomic E-state index is 13.9. The highest BCUT2D eigenvalue weighted by atomic mass is 35.5. The number of nitrogens with zero attached hydrogens (tertiary/aromatic N) is 5. The summed E-state index contributed by atoms with van der Waals surface area (Å²) >= 11 is 32.3. The van der Waals surface area contributed by atoms with Gasteiger partial charge in [-0.2, -0.15) is 0 Å². The van der Waals surface area contributed by atoms with E-state index < -0.39 is 0 Å². The summed E-state index contributed by atoms with van der Waals surface area (Å²) in [6.07, 6.45) is 11.1. The van der Waals surface area contributed by atoms with E-state index in [-0.39, 0.29) is 41.8 Å². The summed E-state index contributed by atoms with van der Waals surface area (Å²) in [5, 5.41) is 7.92. The molecule has 107 heavy (non-hydrogen) atoms. The van der Waals surface area contributed by atoms with E-state index in [0.717, 1.165) is 107 Å². The van der Waals surface area contributed by atoms with Crippen molar-refractivity contribution in [3.05, 3.63) is 318 Å². The Hall–Kier alpha value is -9.79. The number of aryl methyl sites for hydroxylation is 1. The first kappa shape index (κ1) is 74.1. The molecule has 3 atom stereocenters. The van der Waals surface area contributed by atoms with E-state index in [1.165, 1.54) is 44.5 Å². The third-order valence-electron chi connectivity index (χ3n) is 19.3. The third-order valence-corrected chi connectivity index (χ3v) is 25.7.